The summed E-state index contributed by atoms with van der Waals surface area (Å²) in [6, 6.07) is 13.6. The summed E-state index contributed by atoms with van der Waals surface area (Å²) in [7, 11) is 0. The van der Waals surface area contributed by atoms with Crippen LogP contribution in [0.2, 0.25) is 0 Å². The van der Waals surface area contributed by atoms with Gasteiger partial charge in [0.25, 0.3) is 5.56 Å². The highest BCUT2D eigenvalue weighted by Gasteiger charge is 2.25. The fraction of sp³-hybridized carbons (Fsp3) is 0.318. The van der Waals surface area contributed by atoms with E-state index in [9.17, 15) is 4.79 Å². The third-order valence-corrected chi connectivity index (χ3v) is 5.12. The summed E-state index contributed by atoms with van der Waals surface area (Å²) in [5.74, 6) is 0.229. The van der Waals surface area contributed by atoms with E-state index in [4.69, 9.17) is 4.98 Å². The van der Waals surface area contributed by atoms with E-state index in [1.165, 1.54) is 4.52 Å². The van der Waals surface area contributed by atoms with E-state index in [0.717, 1.165) is 33.9 Å². The zero-order valence-electron chi connectivity index (χ0n) is 16.9. The Kier molecular flexibility index (Phi) is 4.41. The van der Waals surface area contributed by atoms with Gasteiger partial charge in [0.1, 0.15) is 0 Å². The molecular formula is C22H25N5O. The van der Waals surface area contributed by atoms with Crippen molar-refractivity contribution in [2.45, 2.75) is 40.7 Å². The minimum absolute atomic E-state index is 0.106. The van der Waals surface area contributed by atoms with Gasteiger partial charge in [-0.1, -0.05) is 44.2 Å². The van der Waals surface area contributed by atoms with Crippen LogP contribution >= 0.6 is 0 Å². The van der Waals surface area contributed by atoms with Gasteiger partial charge in [0.15, 0.2) is 5.65 Å². The Balaban J connectivity index is 1.98. The van der Waals surface area contributed by atoms with E-state index >= 15 is 0 Å². The summed E-state index contributed by atoms with van der Waals surface area (Å²) < 4.78 is 3.51. The van der Waals surface area contributed by atoms with Gasteiger partial charge in [-0.2, -0.15) is 5.10 Å². The molecule has 0 saturated carbocycles. The van der Waals surface area contributed by atoms with Crippen molar-refractivity contribution >= 4 is 5.65 Å². The smallest absolute Gasteiger partial charge is 0.272 e. The lowest BCUT2D eigenvalue weighted by Crippen LogP contribution is -2.24. The van der Waals surface area contributed by atoms with Gasteiger partial charge in [-0.25, -0.2) is 9.50 Å². The molecule has 0 aliphatic heterocycles. The third-order valence-electron chi connectivity index (χ3n) is 5.12. The van der Waals surface area contributed by atoms with Gasteiger partial charge in [0, 0.05) is 23.0 Å². The summed E-state index contributed by atoms with van der Waals surface area (Å²) in [6.07, 6.45) is 0. The number of nitrogens with zero attached hydrogens (tertiary/aromatic N) is 4. The molecule has 1 aromatic carbocycles. The number of rotatable bonds is 4. The molecule has 1 atom stereocenters. The maximum atomic E-state index is 12.9. The summed E-state index contributed by atoms with van der Waals surface area (Å²) in [4.78, 5) is 17.9. The Labute approximate surface area is 163 Å². The maximum Gasteiger partial charge on any atom is 0.272 e. The van der Waals surface area contributed by atoms with Crippen molar-refractivity contribution in [3.05, 3.63) is 75.6 Å². The van der Waals surface area contributed by atoms with E-state index in [2.05, 4.69) is 30.1 Å². The molecule has 0 aliphatic rings. The number of aromatic amines is 1. The van der Waals surface area contributed by atoms with Gasteiger partial charge in [-0.3, -0.25) is 14.6 Å². The average molecular weight is 375 g/mol. The number of aromatic nitrogens is 5. The maximum absolute atomic E-state index is 12.9. The van der Waals surface area contributed by atoms with Crippen molar-refractivity contribution < 1.29 is 0 Å². The predicted octanol–water partition coefficient (Wildman–Crippen LogP) is 4.06. The molecule has 6 heteroatoms. The van der Waals surface area contributed by atoms with E-state index < -0.39 is 0 Å². The quantitative estimate of drug-likeness (QED) is 0.585. The van der Waals surface area contributed by atoms with Crippen molar-refractivity contribution in [3.63, 3.8) is 0 Å². The molecule has 4 aromatic rings. The summed E-state index contributed by atoms with van der Waals surface area (Å²) >= 11 is 0. The lowest BCUT2D eigenvalue weighted by Gasteiger charge is -2.22. The van der Waals surface area contributed by atoms with E-state index in [0.29, 0.717) is 5.65 Å². The number of benzene rings is 1. The van der Waals surface area contributed by atoms with E-state index in [-0.39, 0.29) is 17.5 Å². The molecule has 0 unspecified atom stereocenters. The minimum atomic E-state index is -0.113. The van der Waals surface area contributed by atoms with Crippen LogP contribution in [0.5, 0.6) is 0 Å². The van der Waals surface area contributed by atoms with Crippen LogP contribution in [0.4, 0.5) is 0 Å². The molecule has 0 saturated heterocycles. The van der Waals surface area contributed by atoms with Crippen LogP contribution < -0.4 is 5.56 Å². The zero-order chi connectivity index (χ0) is 20.0. The Bertz CT molecular complexity index is 1200. The number of H-pyrrole nitrogens is 1. The predicted molar refractivity (Wildman–Crippen MR) is 111 cm³/mol. The van der Waals surface area contributed by atoms with Crippen molar-refractivity contribution in [2.24, 2.45) is 5.92 Å². The van der Waals surface area contributed by atoms with Gasteiger partial charge in [0.05, 0.1) is 17.4 Å². The summed E-state index contributed by atoms with van der Waals surface area (Å²) in [6.45, 7) is 10.2. The summed E-state index contributed by atoms with van der Waals surface area (Å²) in [5, 5.41) is 7.83. The van der Waals surface area contributed by atoms with Crippen LogP contribution in [0.1, 0.15) is 42.7 Å². The van der Waals surface area contributed by atoms with Crippen molar-refractivity contribution in [2.75, 3.05) is 0 Å². The van der Waals surface area contributed by atoms with Crippen LogP contribution in [0.3, 0.4) is 0 Å². The molecule has 1 N–H and O–H groups in total. The van der Waals surface area contributed by atoms with Crippen LogP contribution in [0, 0.1) is 26.7 Å². The number of nitrogens with one attached hydrogen (secondary N) is 1. The monoisotopic (exact) mass is 375 g/mol. The molecule has 0 radical (unpaired) electrons. The molecule has 4 rings (SSSR count). The lowest BCUT2D eigenvalue weighted by molar-refractivity contribution is 0.386. The number of hydrogen-bond donors (Lipinski definition) is 1. The second-order valence-electron chi connectivity index (χ2n) is 7.72. The number of fused-ring (bicyclic) bond motifs is 1. The molecule has 3 heterocycles. The standard InChI is InChI=1S/C22H25N5O/c1-13(2)21(26-15(4)11-14(3)24-26)18-12-19(28)27-22(23-18)20(16(5)25-27)17-9-7-6-8-10-17/h6-13,21,25H,1-5H3/t21-/m0/s1. The van der Waals surface area contributed by atoms with Crippen LogP contribution in [0.15, 0.2) is 47.3 Å². The van der Waals surface area contributed by atoms with Crippen molar-refractivity contribution in [1.29, 1.82) is 0 Å². The average Bonchev–Trinajstić information content (AvgIpc) is 3.14. The second-order valence-corrected chi connectivity index (χ2v) is 7.72. The fourth-order valence-electron chi connectivity index (χ4n) is 3.95. The SMILES string of the molecule is Cc1cc(C)n([C@H](c2cc(=O)n3[nH]c(C)c(-c4ccccc4)c3n2)C(C)C)n1. The number of aryl methyl sites for hydroxylation is 3. The number of hydrogen-bond acceptors (Lipinski definition) is 3. The highest BCUT2D eigenvalue weighted by atomic mass is 16.1. The summed E-state index contributed by atoms with van der Waals surface area (Å²) in [5.41, 5.74) is 6.21. The molecule has 0 fully saturated rings. The molecule has 0 spiro atoms. The molecule has 28 heavy (non-hydrogen) atoms. The Morgan fingerprint density at radius 2 is 1.75 bits per heavy atom. The normalized spacial score (nSPS) is 12.8. The van der Waals surface area contributed by atoms with Gasteiger partial charge < -0.3 is 0 Å². The Hall–Kier alpha value is -3.15. The first kappa shape index (κ1) is 18.2. The molecule has 144 valence electrons. The van der Waals surface area contributed by atoms with Crippen molar-refractivity contribution in [1.82, 2.24) is 24.4 Å². The Morgan fingerprint density at radius 1 is 1.04 bits per heavy atom. The minimum Gasteiger partial charge on any atom is -0.293 e. The molecule has 0 aliphatic carbocycles. The third kappa shape index (κ3) is 2.95. The van der Waals surface area contributed by atoms with Crippen molar-refractivity contribution in [3.8, 4) is 11.1 Å². The van der Waals surface area contributed by atoms with E-state index in [1.807, 2.05) is 55.8 Å². The van der Waals surface area contributed by atoms with Gasteiger partial charge in [-0.15, -0.1) is 0 Å². The first-order chi connectivity index (χ1) is 13.4. The highest BCUT2D eigenvalue weighted by Crippen LogP contribution is 2.30. The van der Waals surface area contributed by atoms with Gasteiger partial charge in [0.2, 0.25) is 0 Å². The van der Waals surface area contributed by atoms with Gasteiger partial charge >= 0.3 is 0 Å². The Morgan fingerprint density at radius 3 is 2.36 bits per heavy atom. The molecule has 0 bridgehead atoms. The largest absolute Gasteiger partial charge is 0.293 e. The fourth-order valence-corrected chi connectivity index (χ4v) is 3.95. The topological polar surface area (TPSA) is 68.0 Å². The molecule has 6 nitrogen and oxygen atoms in total. The second kappa shape index (κ2) is 6.78. The first-order valence-electron chi connectivity index (χ1n) is 9.57. The van der Waals surface area contributed by atoms with Crippen LogP contribution in [-0.2, 0) is 0 Å². The van der Waals surface area contributed by atoms with Crippen LogP contribution in [0.25, 0.3) is 16.8 Å². The zero-order valence-corrected chi connectivity index (χ0v) is 16.9. The first-order valence-corrected chi connectivity index (χ1v) is 9.57. The van der Waals surface area contributed by atoms with Gasteiger partial charge in [-0.05, 0) is 38.3 Å². The van der Waals surface area contributed by atoms with E-state index in [1.54, 1.807) is 6.07 Å². The van der Waals surface area contributed by atoms with Crippen LogP contribution in [-0.4, -0.2) is 24.4 Å². The lowest BCUT2D eigenvalue weighted by atomic mass is 10.00. The molecular weight excluding hydrogens is 350 g/mol. The molecule has 0 amide bonds. The molecule has 3 aromatic heterocycles. The highest BCUT2D eigenvalue weighted by molar-refractivity contribution is 5.79.